The summed E-state index contributed by atoms with van der Waals surface area (Å²) in [5.74, 6) is 1.90. The first-order valence-corrected chi connectivity index (χ1v) is 4.51. The van der Waals surface area contributed by atoms with Gasteiger partial charge in [-0.05, 0) is 32.8 Å². The van der Waals surface area contributed by atoms with E-state index in [0.717, 1.165) is 23.5 Å². The fourth-order valence-electron chi connectivity index (χ4n) is 1.65. The topological polar surface area (TPSA) is 39.2 Å². The van der Waals surface area contributed by atoms with E-state index in [1.54, 1.807) is 0 Å². The summed E-state index contributed by atoms with van der Waals surface area (Å²) in [7, 11) is 0. The molecule has 1 heterocycles. The average molecular weight is 179 g/mol. The maximum atomic E-state index is 5.99. The third kappa shape index (κ3) is 1.83. The van der Waals surface area contributed by atoms with Crippen LogP contribution in [0.2, 0.25) is 0 Å². The third-order valence-electron chi connectivity index (χ3n) is 2.41. The molecule has 1 aromatic rings. The van der Waals surface area contributed by atoms with Gasteiger partial charge in [-0.15, -0.1) is 6.58 Å². The zero-order valence-electron chi connectivity index (χ0n) is 8.55. The van der Waals surface area contributed by atoms with Crippen molar-refractivity contribution >= 4 is 0 Å². The minimum Gasteiger partial charge on any atom is -0.466 e. The number of rotatable bonds is 3. The average Bonchev–Trinajstić information content (AvgIpc) is 2.27. The first-order chi connectivity index (χ1) is 6.07. The van der Waals surface area contributed by atoms with Crippen molar-refractivity contribution in [3.05, 3.63) is 35.3 Å². The first-order valence-electron chi connectivity index (χ1n) is 4.51. The van der Waals surface area contributed by atoms with Crippen molar-refractivity contribution in [1.82, 2.24) is 0 Å². The Hall–Kier alpha value is -1.02. The van der Waals surface area contributed by atoms with Crippen LogP contribution in [0, 0.1) is 20.8 Å². The zero-order valence-corrected chi connectivity index (χ0v) is 8.55. The number of hydrogen-bond donors (Lipinski definition) is 1. The lowest BCUT2D eigenvalue weighted by Crippen LogP contribution is -2.10. The Morgan fingerprint density at radius 3 is 2.38 bits per heavy atom. The van der Waals surface area contributed by atoms with Crippen LogP contribution in [0.1, 0.15) is 35.1 Å². The molecule has 0 saturated heterocycles. The van der Waals surface area contributed by atoms with Gasteiger partial charge in [-0.25, -0.2) is 0 Å². The SMILES string of the molecule is C=CCC(N)c1c(C)oc(C)c1C. The van der Waals surface area contributed by atoms with E-state index in [1.165, 1.54) is 5.56 Å². The number of aryl methyl sites for hydroxylation is 2. The van der Waals surface area contributed by atoms with Gasteiger partial charge in [-0.1, -0.05) is 6.08 Å². The molecule has 0 aliphatic rings. The van der Waals surface area contributed by atoms with Crippen LogP contribution >= 0.6 is 0 Å². The third-order valence-corrected chi connectivity index (χ3v) is 2.41. The molecule has 13 heavy (non-hydrogen) atoms. The Kier molecular flexibility index (Phi) is 2.94. The van der Waals surface area contributed by atoms with E-state index < -0.39 is 0 Å². The van der Waals surface area contributed by atoms with E-state index >= 15 is 0 Å². The number of nitrogens with two attached hydrogens (primary N) is 1. The van der Waals surface area contributed by atoms with Crippen LogP contribution in [-0.4, -0.2) is 0 Å². The molecule has 0 amide bonds. The minimum absolute atomic E-state index is 0.0231. The van der Waals surface area contributed by atoms with Crippen molar-refractivity contribution < 1.29 is 4.42 Å². The molecule has 0 saturated carbocycles. The maximum Gasteiger partial charge on any atom is 0.106 e. The second-order valence-corrected chi connectivity index (χ2v) is 3.38. The van der Waals surface area contributed by atoms with E-state index in [9.17, 15) is 0 Å². The van der Waals surface area contributed by atoms with E-state index in [2.05, 4.69) is 6.58 Å². The van der Waals surface area contributed by atoms with Crippen molar-refractivity contribution in [3.63, 3.8) is 0 Å². The second-order valence-electron chi connectivity index (χ2n) is 3.38. The van der Waals surface area contributed by atoms with Gasteiger partial charge in [0.05, 0.1) is 0 Å². The summed E-state index contributed by atoms with van der Waals surface area (Å²) in [6.07, 6.45) is 2.63. The highest BCUT2D eigenvalue weighted by Gasteiger charge is 2.16. The van der Waals surface area contributed by atoms with Gasteiger partial charge in [0, 0.05) is 11.6 Å². The number of furan rings is 1. The summed E-state index contributed by atoms with van der Waals surface area (Å²) in [5, 5.41) is 0. The summed E-state index contributed by atoms with van der Waals surface area (Å²) in [6.45, 7) is 9.65. The highest BCUT2D eigenvalue weighted by Crippen LogP contribution is 2.27. The molecule has 0 aliphatic carbocycles. The van der Waals surface area contributed by atoms with Gasteiger partial charge < -0.3 is 10.2 Å². The normalized spacial score (nSPS) is 12.9. The van der Waals surface area contributed by atoms with Crippen molar-refractivity contribution in [2.75, 3.05) is 0 Å². The van der Waals surface area contributed by atoms with Crippen LogP contribution in [0.3, 0.4) is 0 Å². The molecule has 72 valence electrons. The van der Waals surface area contributed by atoms with E-state index in [1.807, 2.05) is 26.8 Å². The Morgan fingerprint density at radius 1 is 1.38 bits per heavy atom. The monoisotopic (exact) mass is 179 g/mol. The van der Waals surface area contributed by atoms with Gasteiger partial charge in [0.15, 0.2) is 0 Å². The quantitative estimate of drug-likeness (QED) is 0.725. The molecule has 2 N–H and O–H groups in total. The molecule has 0 fully saturated rings. The molecule has 0 aromatic carbocycles. The van der Waals surface area contributed by atoms with E-state index in [-0.39, 0.29) is 6.04 Å². The van der Waals surface area contributed by atoms with Gasteiger partial charge >= 0.3 is 0 Å². The van der Waals surface area contributed by atoms with Gasteiger partial charge in [0.25, 0.3) is 0 Å². The summed E-state index contributed by atoms with van der Waals surface area (Å²) in [6, 6.07) is 0.0231. The number of hydrogen-bond acceptors (Lipinski definition) is 2. The highest BCUT2D eigenvalue weighted by atomic mass is 16.3. The van der Waals surface area contributed by atoms with E-state index in [4.69, 9.17) is 10.2 Å². The molecule has 2 heteroatoms. The molecule has 0 radical (unpaired) electrons. The lowest BCUT2D eigenvalue weighted by atomic mass is 10.0. The predicted molar refractivity (Wildman–Crippen MR) is 54.7 cm³/mol. The summed E-state index contributed by atoms with van der Waals surface area (Å²) in [5.41, 5.74) is 8.30. The van der Waals surface area contributed by atoms with Gasteiger partial charge in [-0.2, -0.15) is 0 Å². The Bertz CT molecular complexity index is 312. The van der Waals surface area contributed by atoms with Crippen molar-refractivity contribution in [3.8, 4) is 0 Å². The summed E-state index contributed by atoms with van der Waals surface area (Å²) < 4.78 is 5.50. The molecular weight excluding hydrogens is 162 g/mol. The molecule has 1 atom stereocenters. The fraction of sp³-hybridized carbons (Fsp3) is 0.455. The fourth-order valence-corrected chi connectivity index (χ4v) is 1.65. The minimum atomic E-state index is 0.0231. The summed E-state index contributed by atoms with van der Waals surface area (Å²) >= 11 is 0. The van der Waals surface area contributed by atoms with Crippen molar-refractivity contribution in [2.24, 2.45) is 5.73 Å². The van der Waals surface area contributed by atoms with Crippen molar-refractivity contribution in [1.29, 1.82) is 0 Å². The molecular formula is C11H17NO. The first kappa shape index (κ1) is 10.1. The van der Waals surface area contributed by atoms with Crippen molar-refractivity contribution in [2.45, 2.75) is 33.2 Å². The van der Waals surface area contributed by atoms with Gasteiger partial charge in [0.1, 0.15) is 11.5 Å². The largest absolute Gasteiger partial charge is 0.466 e. The molecule has 1 rings (SSSR count). The van der Waals surface area contributed by atoms with Crippen LogP contribution in [-0.2, 0) is 0 Å². The van der Waals surface area contributed by atoms with Crippen LogP contribution in [0.5, 0.6) is 0 Å². The molecule has 0 bridgehead atoms. The lowest BCUT2D eigenvalue weighted by molar-refractivity contribution is 0.496. The van der Waals surface area contributed by atoms with Crippen LogP contribution in [0.25, 0.3) is 0 Å². The molecule has 0 spiro atoms. The maximum absolute atomic E-state index is 5.99. The van der Waals surface area contributed by atoms with E-state index in [0.29, 0.717) is 0 Å². The predicted octanol–water partition coefficient (Wildman–Crippen LogP) is 2.78. The standard InChI is InChI=1S/C11H17NO/c1-5-6-10(12)11-7(2)8(3)13-9(11)4/h5,10H,1,6,12H2,2-4H3. The molecule has 2 nitrogen and oxygen atoms in total. The molecule has 0 aliphatic heterocycles. The second kappa shape index (κ2) is 3.79. The van der Waals surface area contributed by atoms with Gasteiger partial charge in [0.2, 0.25) is 0 Å². The Morgan fingerprint density at radius 2 is 2.00 bits per heavy atom. The highest BCUT2D eigenvalue weighted by molar-refractivity contribution is 5.34. The summed E-state index contributed by atoms with van der Waals surface area (Å²) in [4.78, 5) is 0. The molecule has 1 unspecified atom stereocenters. The van der Waals surface area contributed by atoms with Crippen LogP contribution in [0.15, 0.2) is 17.1 Å². The zero-order chi connectivity index (χ0) is 10.0. The Labute approximate surface area is 79.4 Å². The Balaban J connectivity index is 3.05. The smallest absolute Gasteiger partial charge is 0.106 e. The van der Waals surface area contributed by atoms with Crippen LogP contribution < -0.4 is 5.73 Å². The van der Waals surface area contributed by atoms with Crippen LogP contribution in [0.4, 0.5) is 0 Å². The lowest BCUT2D eigenvalue weighted by Gasteiger charge is -2.08. The van der Waals surface area contributed by atoms with Gasteiger partial charge in [-0.3, -0.25) is 0 Å². The molecule has 1 aromatic heterocycles.